The van der Waals surface area contributed by atoms with Gasteiger partial charge < -0.3 is 11.5 Å². The predicted octanol–water partition coefficient (Wildman–Crippen LogP) is 1.49. The zero-order valence-electron chi connectivity index (χ0n) is 11.9. The number of hydrogen-bond donors (Lipinski definition) is 2. The molecular weight excluding hydrogens is 335 g/mol. The van der Waals surface area contributed by atoms with Gasteiger partial charge in [0.1, 0.15) is 10.7 Å². The highest BCUT2D eigenvalue weighted by Gasteiger charge is 2.39. The van der Waals surface area contributed by atoms with E-state index in [1.807, 2.05) is 13.8 Å². The minimum absolute atomic E-state index is 0. The fourth-order valence-corrected chi connectivity index (χ4v) is 4.25. The van der Waals surface area contributed by atoms with Crippen molar-refractivity contribution in [3.05, 3.63) is 17.3 Å². The van der Waals surface area contributed by atoms with Gasteiger partial charge in [-0.1, -0.05) is 25.4 Å². The highest BCUT2D eigenvalue weighted by Crippen LogP contribution is 2.32. The smallest absolute Gasteiger partial charge is 0.246 e. The molecule has 0 spiro atoms. The molecule has 21 heavy (non-hydrogen) atoms. The summed E-state index contributed by atoms with van der Waals surface area (Å²) in [6.45, 7) is 4.64. The van der Waals surface area contributed by atoms with E-state index in [2.05, 4.69) is 4.98 Å². The van der Waals surface area contributed by atoms with E-state index in [9.17, 15) is 8.42 Å². The minimum Gasteiger partial charge on any atom is -0.383 e. The van der Waals surface area contributed by atoms with Crippen LogP contribution in [0.1, 0.15) is 20.3 Å². The van der Waals surface area contributed by atoms with Crippen molar-refractivity contribution in [1.29, 1.82) is 0 Å². The molecule has 0 saturated carbocycles. The lowest BCUT2D eigenvalue weighted by molar-refractivity contribution is 0.155. The van der Waals surface area contributed by atoms with Gasteiger partial charge in [-0.2, -0.15) is 4.31 Å². The van der Waals surface area contributed by atoms with E-state index in [4.69, 9.17) is 23.1 Å². The normalized spacial score (nSPS) is 22.6. The van der Waals surface area contributed by atoms with Crippen LogP contribution >= 0.6 is 24.0 Å². The molecular formula is C12H20Cl2N4O2S. The summed E-state index contributed by atoms with van der Waals surface area (Å²) in [6.07, 6.45) is 1.94. The summed E-state index contributed by atoms with van der Waals surface area (Å²) in [4.78, 5) is 3.76. The molecule has 1 aliphatic rings. The minimum atomic E-state index is -3.70. The number of nitrogen functional groups attached to an aromatic ring is 1. The highest BCUT2D eigenvalue weighted by atomic mass is 35.5. The van der Waals surface area contributed by atoms with Gasteiger partial charge in [0.15, 0.2) is 0 Å². The van der Waals surface area contributed by atoms with E-state index >= 15 is 0 Å². The fraction of sp³-hybridized carbons (Fsp3) is 0.583. The lowest BCUT2D eigenvalue weighted by Gasteiger charge is -2.41. The monoisotopic (exact) mass is 354 g/mol. The Balaban J connectivity index is 0.00000220. The molecule has 1 fully saturated rings. The molecule has 2 heterocycles. The molecule has 4 N–H and O–H groups in total. The number of piperidine rings is 1. The topological polar surface area (TPSA) is 102 Å². The summed E-state index contributed by atoms with van der Waals surface area (Å²) in [5, 5.41) is 0.241. The second-order valence-corrected chi connectivity index (χ2v) is 8.10. The zero-order valence-corrected chi connectivity index (χ0v) is 14.3. The predicted molar refractivity (Wildman–Crippen MR) is 86.0 cm³/mol. The van der Waals surface area contributed by atoms with Gasteiger partial charge in [0.2, 0.25) is 10.0 Å². The number of anilines is 1. The van der Waals surface area contributed by atoms with Crippen molar-refractivity contribution in [3.8, 4) is 0 Å². The van der Waals surface area contributed by atoms with Crippen LogP contribution in [0.4, 0.5) is 5.82 Å². The van der Waals surface area contributed by atoms with Crippen LogP contribution in [0.15, 0.2) is 17.2 Å². The molecule has 9 heteroatoms. The van der Waals surface area contributed by atoms with Gasteiger partial charge in [-0.3, -0.25) is 0 Å². The zero-order chi connectivity index (χ0) is 15.1. The third kappa shape index (κ3) is 3.60. The largest absolute Gasteiger partial charge is 0.383 e. The van der Waals surface area contributed by atoms with Crippen molar-refractivity contribution in [2.45, 2.75) is 31.2 Å². The van der Waals surface area contributed by atoms with Crippen LogP contribution in [0.5, 0.6) is 0 Å². The lowest BCUT2D eigenvalue weighted by atomic mass is 9.81. The van der Waals surface area contributed by atoms with E-state index < -0.39 is 10.0 Å². The number of nitrogens with zero attached hydrogens (tertiary/aromatic N) is 2. The van der Waals surface area contributed by atoms with Crippen LogP contribution in [0.2, 0.25) is 5.02 Å². The number of nitrogens with two attached hydrogens (primary N) is 2. The fourth-order valence-electron chi connectivity index (χ4n) is 2.31. The molecule has 120 valence electrons. The SMILES string of the molecule is CC1(C)CN(S(=O)(=O)c2cc(Cl)cnc2N)CCC1N.Cl. The summed E-state index contributed by atoms with van der Waals surface area (Å²) in [6, 6.07) is 1.31. The summed E-state index contributed by atoms with van der Waals surface area (Å²) in [7, 11) is -3.70. The van der Waals surface area contributed by atoms with Crippen LogP contribution in [0.25, 0.3) is 0 Å². The molecule has 1 saturated heterocycles. The third-order valence-electron chi connectivity index (χ3n) is 3.74. The summed E-state index contributed by atoms with van der Waals surface area (Å²) in [5.74, 6) is -0.0397. The Kier molecular flexibility index (Phi) is 5.50. The Morgan fingerprint density at radius 2 is 2.10 bits per heavy atom. The van der Waals surface area contributed by atoms with Gasteiger partial charge in [0.25, 0.3) is 0 Å². The van der Waals surface area contributed by atoms with Crippen LogP contribution < -0.4 is 11.5 Å². The third-order valence-corrected chi connectivity index (χ3v) is 5.82. The van der Waals surface area contributed by atoms with Crippen molar-refractivity contribution < 1.29 is 8.42 Å². The molecule has 1 atom stereocenters. The van der Waals surface area contributed by atoms with Crippen molar-refractivity contribution in [1.82, 2.24) is 9.29 Å². The van der Waals surface area contributed by atoms with Crippen LogP contribution in [-0.4, -0.2) is 36.8 Å². The first-order valence-corrected chi connectivity index (χ1v) is 8.13. The number of rotatable bonds is 2. The Morgan fingerprint density at radius 1 is 1.48 bits per heavy atom. The summed E-state index contributed by atoms with van der Waals surface area (Å²) < 4.78 is 26.7. The molecule has 0 bridgehead atoms. The van der Waals surface area contributed by atoms with Gasteiger partial charge in [-0.05, 0) is 17.9 Å². The molecule has 2 rings (SSSR count). The number of sulfonamides is 1. The molecule has 1 aromatic heterocycles. The number of aromatic nitrogens is 1. The lowest BCUT2D eigenvalue weighted by Crippen LogP contribution is -2.53. The van der Waals surface area contributed by atoms with Gasteiger partial charge in [-0.15, -0.1) is 12.4 Å². The van der Waals surface area contributed by atoms with Gasteiger partial charge in [-0.25, -0.2) is 13.4 Å². The number of pyridine rings is 1. The Hall–Kier alpha value is -0.600. The molecule has 1 unspecified atom stereocenters. The van der Waals surface area contributed by atoms with E-state index in [0.717, 1.165) is 0 Å². The first-order chi connectivity index (χ1) is 9.14. The van der Waals surface area contributed by atoms with E-state index in [0.29, 0.717) is 19.5 Å². The maximum Gasteiger partial charge on any atom is 0.246 e. The van der Waals surface area contributed by atoms with E-state index in [1.165, 1.54) is 16.6 Å². The quantitative estimate of drug-likeness (QED) is 0.837. The molecule has 6 nitrogen and oxygen atoms in total. The number of halogens is 2. The molecule has 1 aliphatic heterocycles. The van der Waals surface area contributed by atoms with Crippen LogP contribution in [0.3, 0.4) is 0 Å². The summed E-state index contributed by atoms with van der Waals surface area (Å²) >= 11 is 5.82. The van der Waals surface area contributed by atoms with Gasteiger partial charge in [0, 0.05) is 25.3 Å². The second kappa shape index (κ2) is 6.26. The molecule has 0 aliphatic carbocycles. The first kappa shape index (κ1) is 18.4. The second-order valence-electron chi connectivity index (χ2n) is 5.76. The Bertz CT molecular complexity index is 622. The molecule has 0 radical (unpaired) electrons. The molecule has 0 aromatic carbocycles. The maximum atomic E-state index is 12.7. The van der Waals surface area contributed by atoms with Gasteiger partial charge in [0.05, 0.1) is 5.02 Å². The van der Waals surface area contributed by atoms with Crippen molar-refractivity contribution in [2.24, 2.45) is 11.1 Å². The van der Waals surface area contributed by atoms with Crippen molar-refractivity contribution in [3.63, 3.8) is 0 Å². The standard InChI is InChI=1S/C12H19ClN4O2S.ClH/c1-12(2)7-17(4-3-10(12)14)20(18,19)9-5-8(13)6-16-11(9)15;/h5-6,10H,3-4,7,14H2,1-2H3,(H2,15,16);1H. The van der Waals surface area contributed by atoms with Crippen molar-refractivity contribution >= 4 is 39.8 Å². The first-order valence-electron chi connectivity index (χ1n) is 6.31. The van der Waals surface area contributed by atoms with Crippen molar-refractivity contribution in [2.75, 3.05) is 18.8 Å². The maximum absolute atomic E-state index is 12.7. The highest BCUT2D eigenvalue weighted by molar-refractivity contribution is 7.89. The average molecular weight is 355 g/mol. The van der Waals surface area contributed by atoms with Gasteiger partial charge >= 0.3 is 0 Å². The average Bonchev–Trinajstić information content (AvgIpc) is 2.35. The van der Waals surface area contributed by atoms with Crippen LogP contribution in [0, 0.1) is 5.41 Å². The molecule has 1 aromatic rings. The summed E-state index contributed by atoms with van der Waals surface area (Å²) in [5.41, 5.74) is 11.4. The Labute approximate surface area is 136 Å². The van der Waals surface area contributed by atoms with E-state index in [-0.39, 0.29) is 39.6 Å². The number of hydrogen-bond acceptors (Lipinski definition) is 5. The van der Waals surface area contributed by atoms with E-state index in [1.54, 1.807) is 0 Å². The Morgan fingerprint density at radius 3 is 2.67 bits per heavy atom. The molecule has 0 amide bonds. The van der Waals surface area contributed by atoms with Crippen LogP contribution in [-0.2, 0) is 10.0 Å².